The third kappa shape index (κ3) is 5.81. The molecule has 0 aromatic heterocycles. The van der Waals surface area contributed by atoms with E-state index < -0.39 is 10.0 Å². The van der Waals surface area contributed by atoms with Crippen LogP contribution in [0, 0.1) is 0 Å². The molecule has 0 bridgehead atoms. The fourth-order valence-electron chi connectivity index (χ4n) is 3.62. The molecule has 0 aliphatic carbocycles. The maximum Gasteiger partial charge on any atom is 0.261 e. The largest absolute Gasteiger partial charge is 0.367 e. The summed E-state index contributed by atoms with van der Waals surface area (Å²) in [6.07, 6.45) is 0. The number of benzene rings is 2. The van der Waals surface area contributed by atoms with E-state index in [1.54, 1.807) is 24.3 Å². The zero-order valence-electron chi connectivity index (χ0n) is 19.5. The first-order valence-electron chi connectivity index (χ1n) is 11.0. The molecule has 8 heteroatoms. The Balaban J connectivity index is 1.96. The fourth-order valence-corrected chi connectivity index (χ4v) is 4.69. The summed E-state index contributed by atoms with van der Waals surface area (Å²) in [7, 11) is -3.83. The minimum atomic E-state index is -3.83. The lowest BCUT2D eigenvalue weighted by atomic mass is 9.87. The molecule has 32 heavy (non-hydrogen) atoms. The number of nitrogens with zero attached hydrogens (tertiary/aromatic N) is 1. The molecule has 1 aliphatic rings. The number of carbonyl (C=O) groups excluding carboxylic acids is 1. The van der Waals surface area contributed by atoms with Crippen LogP contribution >= 0.6 is 0 Å². The summed E-state index contributed by atoms with van der Waals surface area (Å²) in [4.78, 5) is 14.9. The van der Waals surface area contributed by atoms with Crippen molar-refractivity contribution in [1.82, 2.24) is 10.6 Å². The van der Waals surface area contributed by atoms with Crippen LogP contribution in [0.15, 0.2) is 47.4 Å². The molecule has 2 aromatic carbocycles. The summed E-state index contributed by atoms with van der Waals surface area (Å²) in [5.74, 6) is -0.234. The van der Waals surface area contributed by atoms with Gasteiger partial charge in [0.2, 0.25) is 0 Å². The Bertz CT molecular complexity index is 1050. The molecular weight excluding hydrogens is 424 g/mol. The molecule has 0 spiro atoms. The standard InChI is InChI=1S/C24H34N4O3S/c1-17(2)26-23(29)18-6-11-22(28-14-12-25-13-15-28)21(16-18)27-32(30,31)20-9-7-19(8-10-20)24(3,4)5/h6-11,16-17,25,27H,12-15H2,1-5H3,(H,26,29). The van der Waals surface area contributed by atoms with Gasteiger partial charge in [0.15, 0.2) is 0 Å². The minimum Gasteiger partial charge on any atom is -0.367 e. The summed E-state index contributed by atoms with van der Waals surface area (Å²) >= 11 is 0. The molecule has 1 heterocycles. The maximum absolute atomic E-state index is 13.2. The summed E-state index contributed by atoms with van der Waals surface area (Å²) in [6.45, 7) is 13.2. The molecule has 1 fully saturated rings. The van der Waals surface area contributed by atoms with E-state index in [1.807, 2.05) is 32.0 Å². The van der Waals surface area contributed by atoms with Crippen LogP contribution in [0.4, 0.5) is 11.4 Å². The van der Waals surface area contributed by atoms with E-state index in [2.05, 4.69) is 41.0 Å². The molecule has 0 atom stereocenters. The molecule has 174 valence electrons. The van der Waals surface area contributed by atoms with Crippen molar-refractivity contribution in [3.8, 4) is 0 Å². The number of anilines is 2. The van der Waals surface area contributed by atoms with E-state index in [-0.39, 0.29) is 22.3 Å². The molecule has 0 saturated carbocycles. The van der Waals surface area contributed by atoms with Crippen LogP contribution < -0.4 is 20.3 Å². The van der Waals surface area contributed by atoms with Crippen LogP contribution in [0.25, 0.3) is 0 Å². The van der Waals surface area contributed by atoms with Crippen molar-refractivity contribution in [3.63, 3.8) is 0 Å². The summed E-state index contributed by atoms with van der Waals surface area (Å²) in [6, 6.07) is 12.1. The van der Waals surface area contributed by atoms with Crippen LogP contribution in [-0.4, -0.2) is 46.5 Å². The number of hydrogen-bond acceptors (Lipinski definition) is 5. The molecule has 2 aromatic rings. The third-order valence-electron chi connectivity index (χ3n) is 5.41. The quantitative estimate of drug-likeness (QED) is 0.618. The van der Waals surface area contributed by atoms with Crippen molar-refractivity contribution in [1.29, 1.82) is 0 Å². The highest BCUT2D eigenvalue weighted by atomic mass is 32.2. The number of rotatable bonds is 6. The topological polar surface area (TPSA) is 90.5 Å². The highest BCUT2D eigenvalue weighted by molar-refractivity contribution is 7.92. The van der Waals surface area contributed by atoms with Crippen LogP contribution in [-0.2, 0) is 15.4 Å². The number of piperazine rings is 1. The highest BCUT2D eigenvalue weighted by Crippen LogP contribution is 2.31. The Hall–Kier alpha value is -2.58. The van der Waals surface area contributed by atoms with Gasteiger partial charge >= 0.3 is 0 Å². The first-order chi connectivity index (χ1) is 15.0. The number of amides is 1. The molecular formula is C24H34N4O3S. The molecule has 0 radical (unpaired) electrons. The first kappa shape index (κ1) is 24.1. The summed E-state index contributed by atoms with van der Waals surface area (Å²) in [5, 5.41) is 6.16. The van der Waals surface area contributed by atoms with Crippen molar-refractivity contribution in [2.45, 2.75) is 51.0 Å². The Kier molecular flexibility index (Phi) is 7.15. The molecule has 7 nitrogen and oxygen atoms in total. The molecule has 3 N–H and O–H groups in total. The van der Waals surface area contributed by atoms with Gasteiger partial charge in [-0.1, -0.05) is 32.9 Å². The molecule has 1 aliphatic heterocycles. The summed E-state index contributed by atoms with van der Waals surface area (Å²) in [5.41, 5.74) is 2.58. The zero-order chi connectivity index (χ0) is 23.5. The SMILES string of the molecule is CC(C)NC(=O)c1ccc(N2CCNCC2)c(NS(=O)(=O)c2ccc(C(C)(C)C)cc2)c1. The molecule has 0 unspecified atom stereocenters. The lowest BCUT2D eigenvalue weighted by molar-refractivity contribution is 0.0943. The molecule has 1 amide bonds. The lowest BCUT2D eigenvalue weighted by Crippen LogP contribution is -2.43. The van der Waals surface area contributed by atoms with E-state index in [9.17, 15) is 13.2 Å². The van der Waals surface area contributed by atoms with Gasteiger partial charge in [0.25, 0.3) is 15.9 Å². The molecule has 3 rings (SSSR count). The normalized spacial score (nSPS) is 15.0. The highest BCUT2D eigenvalue weighted by Gasteiger charge is 2.22. The zero-order valence-corrected chi connectivity index (χ0v) is 20.3. The average Bonchev–Trinajstić information content (AvgIpc) is 2.73. The average molecular weight is 459 g/mol. The van der Waals surface area contributed by atoms with Crippen molar-refractivity contribution in [2.75, 3.05) is 35.8 Å². The van der Waals surface area contributed by atoms with Crippen molar-refractivity contribution in [3.05, 3.63) is 53.6 Å². The number of hydrogen-bond donors (Lipinski definition) is 3. The van der Waals surface area contributed by atoms with E-state index in [1.165, 1.54) is 0 Å². The molecule has 1 saturated heterocycles. The van der Waals surface area contributed by atoms with Gasteiger partial charge in [-0.15, -0.1) is 0 Å². The first-order valence-corrected chi connectivity index (χ1v) is 12.5. The Morgan fingerprint density at radius 3 is 2.22 bits per heavy atom. The van der Waals surface area contributed by atoms with Gasteiger partial charge in [0, 0.05) is 37.8 Å². The van der Waals surface area contributed by atoms with Crippen LogP contribution in [0.1, 0.15) is 50.5 Å². The second-order valence-corrected chi connectivity index (χ2v) is 11.2. The predicted octanol–water partition coefficient (Wildman–Crippen LogP) is 3.33. The Labute approximate surface area is 191 Å². The number of sulfonamides is 1. The van der Waals surface area contributed by atoms with Gasteiger partial charge in [-0.3, -0.25) is 9.52 Å². The Morgan fingerprint density at radius 1 is 1.03 bits per heavy atom. The lowest BCUT2D eigenvalue weighted by Gasteiger charge is -2.31. The minimum absolute atomic E-state index is 0.0168. The maximum atomic E-state index is 13.2. The fraction of sp³-hybridized carbons (Fsp3) is 0.458. The van der Waals surface area contributed by atoms with E-state index in [4.69, 9.17) is 0 Å². The number of nitrogens with one attached hydrogen (secondary N) is 3. The van der Waals surface area contributed by atoms with Crippen molar-refractivity contribution in [2.24, 2.45) is 0 Å². The van der Waals surface area contributed by atoms with E-state index in [0.29, 0.717) is 11.3 Å². The van der Waals surface area contributed by atoms with Gasteiger partial charge < -0.3 is 15.5 Å². The van der Waals surface area contributed by atoms with Gasteiger partial charge in [0.1, 0.15) is 0 Å². The van der Waals surface area contributed by atoms with E-state index >= 15 is 0 Å². The van der Waals surface area contributed by atoms with Gasteiger partial charge in [-0.05, 0) is 55.2 Å². The van der Waals surface area contributed by atoms with Gasteiger partial charge in [-0.2, -0.15) is 0 Å². The monoisotopic (exact) mass is 458 g/mol. The number of carbonyl (C=O) groups is 1. The van der Waals surface area contributed by atoms with Crippen LogP contribution in [0.3, 0.4) is 0 Å². The van der Waals surface area contributed by atoms with Crippen molar-refractivity contribution < 1.29 is 13.2 Å². The smallest absolute Gasteiger partial charge is 0.261 e. The summed E-state index contributed by atoms with van der Waals surface area (Å²) < 4.78 is 29.2. The van der Waals surface area contributed by atoms with E-state index in [0.717, 1.165) is 37.4 Å². The Morgan fingerprint density at radius 2 is 1.66 bits per heavy atom. The second kappa shape index (κ2) is 9.50. The van der Waals surface area contributed by atoms with Crippen molar-refractivity contribution >= 4 is 27.3 Å². The van der Waals surface area contributed by atoms with Crippen LogP contribution in [0.5, 0.6) is 0 Å². The second-order valence-electron chi connectivity index (χ2n) is 9.48. The van der Waals surface area contributed by atoms with Crippen LogP contribution in [0.2, 0.25) is 0 Å². The third-order valence-corrected chi connectivity index (χ3v) is 6.79. The van der Waals surface area contributed by atoms with Gasteiger partial charge in [-0.25, -0.2) is 8.42 Å². The van der Waals surface area contributed by atoms with Gasteiger partial charge in [0.05, 0.1) is 16.3 Å². The predicted molar refractivity (Wildman–Crippen MR) is 130 cm³/mol.